The minimum atomic E-state index is 0.391. The van der Waals surface area contributed by atoms with Gasteiger partial charge in [0, 0.05) is 18.1 Å². The Hall–Kier alpha value is -0.0800. The maximum Gasteiger partial charge on any atom is 0.0278 e. The Balaban J connectivity index is 1.50. The first-order chi connectivity index (χ1) is 7.27. The average Bonchev–Trinajstić information content (AvgIpc) is 3.09. The monoisotopic (exact) mass is 208 g/mol. The molecule has 2 nitrogen and oxygen atoms in total. The Morgan fingerprint density at radius 2 is 1.93 bits per heavy atom. The van der Waals surface area contributed by atoms with Crippen LogP contribution in [0.2, 0.25) is 0 Å². The quantitative estimate of drug-likeness (QED) is 0.721. The molecule has 1 saturated heterocycles. The molecule has 86 valence electrons. The summed E-state index contributed by atoms with van der Waals surface area (Å²) in [5, 5.41) is 7.51. The second-order valence-electron chi connectivity index (χ2n) is 6.17. The van der Waals surface area contributed by atoms with Crippen molar-refractivity contribution in [2.75, 3.05) is 13.1 Å². The van der Waals surface area contributed by atoms with Gasteiger partial charge < -0.3 is 10.6 Å². The summed E-state index contributed by atoms with van der Waals surface area (Å²) in [6.07, 6.45) is 8.64. The fraction of sp³-hybridized carbons (Fsp3) is 1.00. The Bertz CT molecular complexity index is 213. The molecular formula is C13H24N2. The maximum atomic E-state index is 3.86. The molecule has 1 aliphatic heterocycles. The minimum absolute atomic E-state index is 0.391. The zero-order valence-electron chi connectivity index (χ0n) is 9.89. The topological polar surface area (TPSA) is 24.1 Å². The van der Waals surface area contributed by atoms with Crippen LogP contribution in [0.1, 0.15) is 45.4 Å². The van der Waals surface area contributed by atoms with Crippen molar-refractivity contribution >= 4 is 0 Å². The van der Waals surface area contributed by atoms with Crippen LogP contribution in [0.15, 0.2) is 0 Å². The Kier molecular flexibility index (Phi) is 2.52. The lowest BCUT2D eigenvalue weighted by molar-refractivity contribution is 0.328. The zero-order valence-corrected chi connectivity index (χ0v) is 9.89. The van der Waals surface area contributed by atoms with Crippen LogP contribution in [0.25, 0.3) is 0 Å². The van der Waals surface area contributed by atoms with Crippen molar-refractivity contribution in [3.05, 3.63) is 0 Å². The van der Waals surface area contributed by atoms with Crippen LogP contribution in [0, 0.1) is 11.8 Å². The average molecular weight is 208 g/mol. The highest BCUT2D eigenvalue weighted by molar-refractivity contribution is 4.99. The first-order valence-electron chi connectivity index (χ1n) is 6.75. The third-order valence-corrected chi connectivity index (χ3v) is 4.44. The van der Waals surface area contributed by atoms with Crippen LogP contribution in [0.3, 0.4) is 0 Å². The van der Waals surface area contributed by atoms with E-state index in [-0.39, 0.29) is 0 Å². The van der Waals surface area contributed by atoms with Gasteiger partial charge in [0.1, 0.15) is 0 Å². The van der Waals surface area contributed by atoms with Crippen molar-refractivity contribution in [2.45, 2.75) is 57.0 Å². The van der Waals surface area contributed by atoms with Crippen molar-refractivity contribution in [1.29, 1.82) is 0 Å². The molecule has 1 atom stereocenters. The highest BCUT2D eigenvalue weighted by Gasteiger charge is 2.42. The second-order valence-corrected chi connectivity index (χ2v) is 6.17. The summed E-state index contributed by atoms with van der Waals surface area (Å²) < 4.78 is 0. The number of nitrogens with one attached hydrogen (secondary N) is 2. The van der Waals surface area contributed by atoms with Gasteiger partial charge in [0.05, 0.1) is 0 Å². The molecule has 2 heteroatoms. The van der Waals surface area contributed by atoms with Gasteiger partial charge in [-0.15, -0.1) is 0 Å². The van der Waals surface area contributed by atoms with Gasteiger partial charge in [-0.05, 0) is 63.8 Å². The first-order valence-corrected chi connectivity index (χ1v) is 6.75. The summed E-state index contributed by atoms with van der Waals surface area (Å²) in [5.74, 6) is 2.06. The molecule has 2 N–H and O–H groups in total. The molecule has 15 heavy (non-hydrogen) atoms. The van der Waals surface area contributed by atoms with E-state index in [9.17, 15) is 0 Å². The first kappa shape index (κ1) is 10.1. The summed E-state index contributed by atoms with van der Waals surface area (Å²) in [6, 6.07) is 0.865. The molecule has 3 rings (SSSR count). The lowest BCUT2D eigenvalue weighted by Crippen LogP contribution is -2.49. The summed E-state index contributed by atoms with van der Waals surface area (Å²) in [4.78, 5) is 0. The third kappa shape index (κ3) is 2.36. The van der Waals surface area contributed by atoms with E-state index in [0.29, 0.717) is 5.54 Å². The van der Waals surface area contributed by atoms with E-state index in [0.717, 1.165) is 17.9 Å². The van der Waals surface area contributed by atoms with Crippen molar-refractivity contribution in [2.24, 2.45) is 11.8 Å². The van der Waals surface area contributed by atoms with Crippen LogP contribution in [0.4, 0.5) is 0 Å². The molecule has 3 fully saturated rings. The number of hydrogen-bond acceptors (Lipinski definition) is 2. The van der Waals surface area contributed by atoms with E-state index >= 15 is 0 Å². The standard InChI is InChI=1S/C13H24N2/c1-13(7-2-8-15-13)9-14-12(10-3-4-10)11-5-6-11/h10-12,14-15H,2-9H2,1H3. The summed E-state index contributed by atoms with van der Waals surface area (Å²) in [7, 11) is 0. The lowest BCUT2D eigenvalue weighted by atomic mass is 9.98. The molecule has 2 aliphatic carbocycles. The van der Waals surface area contributed by atoms with Gasteiger partial charge in [-0.3, -0.25) is 0 Å². The molecule has 0 radical (unpaired) electrons. The molecule has 1 heterocycles. The largest absolute Gasteiger partial charge is 0.312 e. The van der Waals surface area contributed by atoms with E-state index in [1.54, 1.807) is 0 Å². The maximum absolute atomic E-state index is 3.86. The molecule has 0 bridgehead atoms. The van der Waals surface area contributed by atoms with E-state index in [4.69, 9.17) is 0 Å². The van der Waals surface area contributed by atoms with Gasteiger partial charge in [-0.2, -0.15) is 0 Å². The van der Waals surface area contributed by atoms with E-state index in [1.165, 1.54) is 51.6 Å². The van der Waals surface area contributed by atoms with E-state index in [2.05, 4.69) is 17.6 Å². The molecule has 0 aromatic heterocycles. The fourth-order valence-corrected chi connectivity index (χ4v) is 3.08. The van der Waals surface area contributed by atoms with Gasteiger partial charge in [0.2, 0.25) is 0 Å². The van der Waals surface area contributed by atoms with Crippen LogP contribution >= 0.6 is 0 Å². The van der Waals surface area contributed by atoms with E-state index < -0.39 is 0 Å². The van der Waals surface area contributed by atoms with Crippen molar-refractivity contribution in [3.63, 3.8) is 0 Å². The Morgan fingerprint density at radius 3 is 2.40 bits per heavy atom. The molecule has 1 unspecified atom stereocenters. The van der Waals surface area contributed by atoms with Crippen LogP contribution in [-0.2, 0) is 0 Å². The van der Waals surface area contributed by atoms with Crippen molar-refractivity contribution < 1.29 is 0 Å². The van der Waals surface area contributed by atoms with Crippen molar-refractivity contribution in [1.82, 2.24) is 10.6 Å². The minimum Gasteiger partial charge on any atom is -0.312 e. The third-order valence-electron chi connectivity index (χ3n) is 4.44. The molecule has 0 aromatic carbocycles. The Labute approximate surface area is 93.2 Å². The highest BCUT2D eigenvalue weighted by atomic mass is 15.1. The highest BCUT2D eigenvalue weighted by Crippen LogP contribution is 2.44. The molecule has 0 aromatic rings. The fourth-order valence-electron chi connectivity index (χ4n) is 3.08. The van der Waals surface area contributed by atoms with Crippen molar-refractivity contribution in [3.8, 4) is 0 Å². The SMILES string of the molecule is CC1(CNC(C2CC2)C2CC2)CCCN1. The second kappa shape index (κ2) is 3.74. The zero-order chi connectivity index (χ0) is 10.3. The van der Waals surface area contributed by atoms with Gasteiger partial charge in [-0.25, -0.2) is 0 Å². The van der Waals surface area contributed by atoms with Gasteiger partial charge in [0.25, 0.3) is 0 Å². The summed E-state index contributed by atoms with van der Waals surface area (Å²) in [6.45, 7) is 4.78. The lowest BCUT2D eigenvalue weighted by Gasteiger charge is -2.28. The molecule has 3 aliphatic rings. The molecular weight excluding hydrogens is 184 g/mol. The number of hydrogen-bond donors (Lipinski definition) is 2. The predicted molar refractivity (Wildman–Crippen MR) is 62.9 cm³/mol. The molecule has 0 amide bonds. The molecule has 2 saturated carbocycles. The van der Waals surface area contributed by atoms with Crippen LogP contribution in [0.5, 0.6) is 0 Å². The molecule has 0 spiro atoms. The van der Waals surface area contributed by atoms with E-state index in [1.807, 2.05) is 0 Å². The van der Waals surface area contributed by atoms with Crippen LogP contribution < -0.4 is 10.6 Å². The normalized spacial score (nSPS) is 36.4. The number of rotatable bonds is 5. The van der Waals surface area contributed by atoms with Gasteiger partial charge in [0.15, 0.2) is 0 Å². The van der Waals surface area contributed by atoms with Gasteiger partial charge in [-0.1, -0.05) is 0 Å². The summed E-state index contributed by atoms with van der Waals surface area (Å²) in [5.41, 5.74) is 0.391. The predicted octanol–water partition coefficient (Wildman–Crippen LogP) is 1.91. The van der Waals surface area contributed by atoms with Gasteiger partial charge >= 0.3 is 0 Å². The smallest absolute Gasteiger partial charge is 0.0278 e. The Morgan fingerprint density at radius 1 is 1.27 bits per heavy atom. The van der Waals surface area contributed by atoms with Crippen LogP contribution in [-0.4, -0.2) is 24.7 Å². The summed E-state index contributed by atoms with van der Waals surface area (Å²) >= 11 is 0.